The second-order valence-corrected chi connectivity index (χ2v) is 8.20. The van der Waals surface area contributed by atoms with Crippen LogP contribution in [0.25, 0.3) is 0 Å². The number of hydrogen-bond donors (Lipinski definition) is 1. The number of hydrogen-bond acceptors (Lipinski definition) is 4. The van der Waals surface area contributed by atoms with Crippen LogP contribution in [0.3, 0.4) is 0 Å². The minimum Gasteiger partial charge on any atom is -0.330 e. The topological polar surface area (TPSA) is 45.2 Å². The minimum atomic E-state index is 0.113. The van der Waals surface area contributed by atoms with Gasteiger partial charge in [0.25, 0.3) is 5.91 Å². The molecule has 144 valence electrons. The van der Waals surface area contributed by atoms with Crippen molar-refractivity contribution in [3.63, 3.8) is 0 Å². The number of carbonyl (C=O) groups is 1. The normalized spacial score (nSPS) is 17.3. The average Bonchev–Trinajstić information content (AvgIpc) is 3.00. The highest BCUT2D eigenvalue weighted by Gasteiger charge is 2.26. The van der Waals surface area contributed by atoms with Crippen molar-refractivity contribution >= 4 is 17.7 Å². The van der Waals surface area contributed by atoms with E-state index in [9.17, 15) is 4.79 Å². The van der Waals surface area contributed by atoms with Gasteiger partial charge in [0.1, 0.15) is 0 Å². The lowest BCUT2D eigenvalue weighted by atomic mass is 10.0. The lowest BCUT2D eigenvalue weighted by Gasteiger charge is -2.31. The minimum absolute atomic E-state index is 0.113. The van der Waals surface area contributed by atoms with Crippen molar-refractivity contribution in [2.24, 2.45) is 0 Å². The van der Waals surface area contributed by atoms with Crippen LogP contribution in [0.15, 0.2) is 48.7 Å². The third-order valence-electron chi connectivity index (χ3n) is 4.98. The lowest BCUT2D eigenvalue weighted by molar-refractivity contribution is 0.0642. The van der Waals surface area contributed by atoms with E-state index in [2.05, 4.69) is 29.4 Å². The van der Waals surface area contributed by atoms with Gasteiger partial charge in [-0.05, 0) is 67.9 Å². The van der Waals surface area contributed by atoms with Crippen LogP contribution in [0.5, 0.6) is 0 Å². The quantitative estimate of drug-likeness (QED) is 0.781. The van der Waals surface area contributed by atoms with Gasteiger partial charge in [0.15, 0.2) is 0 Å². The molecule has 1 atom stereocenters. The molecule has 3 rings (SSSR count). The average molecular weight is 384 g/mol. The highest BCUT2D eigenvalue weighted by atomic mass is 32.2. The first-order valence-corrected chi connectivity index (χ1v) is 11.0. The Labute approximate surface area is 166 Å². The van der Waals surface area contributed by atoms with Crippen molar-refractivity contribution in [2.75, 3.05) is 18.8 Å². The third-order valence-corrected chi connectivity index (χ3v) is 5.92. The maximum Gasteiger partial charge on any atom is 0.254 e. The van der Waals surface area contributed by atoms with Crippen LogP contribution in [0.4, 0.5) is 0 Å². The fraction of sp³-hybridized carbons (Fsp3) is 0.455. The standard InChI is InChI=1S/C22H29N3OS/c1-2-27-17-18-8-10-19(11-9-18)22(26)25(16-20-6-3-4-14-24-20)21-7-5-13-23-15-12-21/h3-4,6,8-11,14,21,23H,2,5,7,12-13,15-17H2,1H3. The van der Waals surface area contributed by atoms with Gasteiger partial charge in [0.2, 0.25) is 0 Å². The van der Waals surface area contributed by atoms with Crippen LogP contribution < -0.4 is 5.32 Å². The summed E-state index contributed by atoms with van der Waals surface area (Å²) in [5, 5.41) is 3.45. The van der Waals surface area contributed by atoms with Crippen molar-refractivity contribution < 1.29 is 4.79 Å². The van der Waals surface area contributed by atoms with Gasteiger partial charge >= 0.3 is 0 Å². The molecule has 0 radical (unpaired) electrons. The highest BCUT2D eigenvalue weighted by Crippen LogP contribution is 2.20. The Hall–Kier alpha value is -1.85. The number of thioether (sulfide) groups is 1. The smallest absolute Gasteiger partial charge is 0.254 e. The van der Waals surface area contributed by atoms with E-state index in [1.54, 1.807) is 6.20 Å². The Morgan fingerprint density at radius 2 is 2.04 bits per heavy atom. The molecule has 1 aromatic carbocycles. The molecule has 1 saturated heterocycles. The van der Waals surface area contributed by atoms with Crippen molar-refractivity contribution in [3.8, 4) is 0 Å². The molecule has 2 heterocycles. The van der Waals surface area contributed by atoms with Crippen molar-refractivity contribution in [3.05, 3.63) is 65.5 Å². The van der Waals surface area contributed by atoms with Crippen LogP contribution in [0.2, 0.25) is 0 Å². The second-order valence-electron chi connectivity index (χ2n) is 6.92. The summed E-state index contributed by atoms with van der Waals surface area (Å²) in [6.07, 6.45) is 4.93. The van der Waals surface area contributed by atoms with E-state index in [1.165, 1.54) is 5.56 Å². The second kappa shape index (κ2) is 10.5. The van der Waals surface area contributed by atoms with Gasteiger partial charge in [-0.25, -0.2) is 0 Å². The number of benzene rings is 1. The number of pyridine rings is 1. The fourth-order valence-corrected chi connectivity index (χ4v) is 4.11. The van der Waals surface area contributed by atoms with Crippen LogP contribution in [0.1, 0.15) is 47.8 Å². The number of nitrogens with zero attached hydrogens (tertiary/aromatic N) is 2. The molecule has 0 bridgehead atoms. The molecular formula is C22H29N3OS. The van der Waals surface area contributed by atoms with Gasteiger partial charge in [-0.2, -0.15) is 11.8 Å². The predicted molar refractivity (Wildman–Crippen MR) is 113 cm³/mol. The fourth-order valence-electron chi connectivity index (χ4n) is 3.47. The summed E-state index contributed by atoms with van der Waals surface area (Å²) in [6.45, 7) is 4.73. The molecule has 0 saturated carbocycles. The van der Waals surface area contributed by atoms with E-state index < -0.39 is 0 Å². The molecule has 1 aliphatic heterocycles. The number of amides is 1. The summed E-state index contributed by atoms with van der Waals surface area (Å²) in [6, 6.07) is 14.3. The van der Waals surface area contributed by atoms with Crippen LogP contribution in [-0.4, -0.2) is 40.7 Å². The van der Waals surface area contributed by atoms with E-state index in [0.29, 0.717) is 6.54 Å². The largest absolute Gasteiger partial charge is 0.330 e. The Bertz CT molecular complexity index is 697. The first kappa shape index (κ1) is 19.9. The third kappa shape index (κ3) is 5.81. The van der Waals surface area contributed by atoms with Gasteiger partial charge < -0.3 is 10.2 Å². The highest BCUT2D eigenvalue weighted by molar-refractivity contribution is 7.98. The Morgan fingerprint density at radius 1 is 1.19 bits per heavy atom. The van der Waals surface area contributed by atoms with Gasteiger partial charge in [-0.3, -0.25) is 9.78 Å². The number of carbonyl (C=O) groups excluding carboxylic acids is 1. The van der Waals surface area contributed by atoms with E-state index >= 15 is 0 Å². The molecule has 0 spiro atoms. The molecule has 4 nitrogen and oxygen atoms in total. The number of rotatable bonds is 7. The molecule has 1 N–H and O–H groups in total. The number of aromatic nitrogens is 1. The molecule has 1 amide bonds. The van der Waals surface area contributed by atoms with E-state index in [1.807, 2.05) is 47.0 Å². The van der Waals surface area contributed by atoms with E-state index in [4.69, 9.17) is 0 Å². The van der Waals surface area contributed by atoms with Gasteiger partial charge in [0.05, 0.1) is 12.2 Å². The first-order chi connectivity index (χ1) is 13.3. The summed E-state index contributed by atoms with van der Waals surface area (Å²) < 4.78 is 0. The van der Waals surface area contributed by atoms with Gasteiger partial charge in [0, 0.05) is 23.6 Å². The lowest BCUT2D eigenvalue weighted by Crippen LogP contribution is -2.40. The zero-order valence-electron chi connectivity index (χ0n) is 16.1. The zero-order valence-corrected chi connectivity index (χ0v) is 16.9. The van der Waals surface area contributed by atoms with E-state index in [-0.39, 0.29) is 11.9 Å². The van der Waals surface area contributed by atoms with Crippen LogP contribution >= 0.6 is 11.8 Å². The molecule has 1 aliphatic rings. The summed E-state index contributed by atoms with van der Waals surface area (Å²) >= 11 is 1.90. The number of nitrogens with one attached hydrogen (secondary N) is 1. The van der Waals surface area contributed by atoms with Crippen molar-refractivity contribution in [2.45, 2.75) is 44.5 Å². The Balaban J connectivity index is 1.78. The van der Waals surface area contributed by atoms with Crippen molar-refractivity contribution in [1.29, 1.82) is 0 Å². The molecule has 5 heteroatoms. The summed E-state index contributed by atoms with van der Waals surface area (Å²) in [5.41, 5.74) is 2.99. The molecule has 1 unspecified atom stereocenters. The molecule has 1 fully saturated rings. The predicted octanol–water partition coefficient (Wildman–Crippen LogP) is 4.12. The Morgan fingerprint density at radius 3 is 2.78 bits per heavy atom. The summed E-state index contributed by atoms with van der Waals surface area (Å²) in [5.74, 6) is 2.22. The SMILES string of the molecule is CCSCc1ccc(C(=O)N(Cc2ccccn2)C2CCCNCC2)cc1. The van der Waals surface area contributed by atoms with Crippen molar-refractivity contribution in [1.82, 2.24) is 15.2 Å². The molecule has 2 aromatic rings. The zero-order chi connectivity index (χ0) is 18.9. The maximum atomic E-state index is 13.4. The maximum absolute atomic E-state index is 13.4. The molecular weight excluding hydrogens is 354 g/mol. The molecule has 0 aliphatic carbocycles. The van der Waals surface area contributed by atoms with Crippen LogP contribution in [0, 0.1) is 0 Å². The summed E-state index contributed by atoms with van der Waals surface area (Å²) in [7, 11) is 0. The summed E-state index contributed by atoms with van der Waals surface area (Å²) in [4.78, 5) is 19.8. The first-order valence-electron chi connectivity index (χ1n) is 9.86. The van der Waals surface area contributed by atoms with Crippen LogP contribution in [-0.2, 0) is 12.3 Å². The monoisotopic (exact) mass is 383 g/mol. The Kier molecular flexibility index (Phi) is 7.72. The van der Waals surface area contributed by atoms with Gasteiger partial charge in [-0.15, -0.1) is 0 Å². The van der Waals surface area contributed by atoms with E-state index in [0.717, 1.165) is 55.1 Å². The van der Waals surface area contributed by atoms with Gasteiger partial charge in [-0.1, -0.05) is 25.1 Å². The molecule has 1 aromatic heterocycles. The molecule has 27 heavy (non-hydrogen) atoms.